The van der Waals surface area contributed by atoms with Crippen LogP contribution in [0.1, 0.15) is 108 Å². The fourth-order valence-corrected chi connectivity index (χ4v) is 2.64. The number of hydrogen-bond donors (Lipinski definition) is 1. The van der Waals surface area contributed by atoms with Crippen molar-refractivity contribution in [2.75, 3.05) is 18.2 Å². The molecule has 202 valence electrons. The SMILES string of the molecule is C.C.C.C.C.C.C.C.C.CCCOc1ccc2c(c1)N(C(C)C)C[NH+]2C(C)C.O=CO[O-]. The van der Waals surface area contributed by atoms with Crippen molar-refractivity contribution in [2.45, 2.75) is 120 Å². The van der Waals surface area contributed by atoms with E-state index in [4.69, 9.17) is 14.8 Å². The third-order valence-electron chi connectivity index (χ3n) is 3.80. The minimum atomic E-state index is -0.181. The van der Waals surface area contributed by atoms with Gasteiger partial charge in [0.25, 0.3) is 6.47 Å². The maximum atomic E-state index is 8.64. The van der Waals surface area contributed by atoms with E-state index < -0.39 is 0 Å². The monoisotopic (exact) mass is 468 g/mol. The molecule has 0 spiro atoms. The van der Waals surface area contributed by atoms with Crippen LogP contribution in [0.2, 0.25) is 0 Å². The van der Waals surface area contributed by atoms with E-state index in [9.17, 15) is 0 Å². The Kier molecular flexibility index (Phi) is 52.3. The molecule has 1 aromatic carbocycles. The molecular formula is C26H64N2O4. The lowest BCUT2D eigenvalue weighted by Crippen LogP contribution is -3.10. The molecule has 0 saturated heterocycles. The summed E-state index contributed by atoms with van der Waals surface area (Å²) in [5, 5.41) is 8.43. The van der Waals surface area contributed by atoms with Crippen LogP contribution in [0.4, 0.5) is 11.4 Å². The van der Waals surface area contributed by atoms with Gasteiger partial charge >= 0.3 is 0 Å². The number of ether oxygens (including phenoxy) is 1. The van der Waals surface area contributed by atoms with Crippen LogP contribution in [0.5, 0.6) is 5.75 Å². The lowest BCUT2D eigenvalue weighted by Gasteiger charge is -2.23. The van der Waals surface area contributed by atoms with E-state index in [-0.39, 0.29) is 73.3 Å². The highest BCUT2D eigenvalue weighted by Crippen LogP contribution is 2.32. The molecule has 0 fully saturated rings. The van der Waals surface area contributed by atoms with E-state index in [1.807, 2.05) is 0 Å². The number of nitrogens with zero attached hydrogens (tertiary/aromatic N) is 1. The second-order valence-electron chi connectivity index (χ2n) is 6.12. The summed E-state index contributed by atoms with van der Waals surface area (Å²) in [5.74, 6) is 0.997. The summed E-state index contributed by atoms with van der Waals surface area (Å²) in [6, 6.07) is 7.68. The molecule has 1 aliphatic rings. The summed E-state index contributed by atoms with van der Waals surface area (Å²) in [6.07, 6.45) is 1.05. The standard InChI is InChI=1S/C16H26N2O.CH2O3.9CH4/c1-6-9-19-14-7-8-15-16(10-14)18(13(4)5)11-17(15)12(2)3;2-1-4-3;;;;;;;;;/h7-8,10,12-13H,6,9,11H2,1-5H3;1,3H;9*1H4. The number of rotatable bonds is 6. The van der Waals surface area contributed by atoms with Gasteiger partial charge in [-0.05, 0) is 40.2 Å². The lowest BCUT2D eigenvalue weighted by molar-refractivity contribution is -0.849. The third-order valence-corrected chi connectivity index (χ3v) is 3.80. The summed E-state index contributed by atoms with van der Waals surface area (Å²) in [4.78, 5) is 15.3. The zero-order valence-electron chi connectivity index (χ0n) is 14.7. The average molecular weight is 469 g/mol. The summed E-state index contributed by atoms with van der Waals surface area (Å²) in [6.45, 7) is 12.9. The Bertz CT molecular complexity index is 495. The van der Waals surface area contributed by atoms with Crippen molar-refractivity contribution >= 4 is 17.8 Å². The van der Waals surface area contributed by atoms with Gasteiger partial charge in [0.15, 0.2) is 12.4 Å². The van der Waals surface area contributed by atoms with Crippen molar-refractivity contribution in [1.29, 1.82) is 0 Å². The van der Waals surface area contributed by atoms with Crippen LogP contribution in [-0.2, 0) is 9.68 Å². The Hall–Kier alpha value is -1.79. The minimum absolute atomic E-state index is 0. The second-order valence-corrected chi connectivity index (χ2v) is 6.12. The fourth-order valence-electron chi connectivity index (χ4n) is 2.64. The Morgan fingerprint density at radius 3 is 1.81 bits per heavy atom. The van der Waals surface area contributed by atoms with Crippen molar-refractivity contribution in [1.82, 2.24) is 0 Å². The zero-order chi connectivity index (χ0) is 17.4. The summed E-state index contributed by atoms with van der Waals surface area (Å²) in [7, 11) is 0. The van der Waals surface area contributed by atoms with Crippen LogP contribution in [0.25, 0.3) is 0 Å². The van der Waals surface area contributed by atoms with Crippen LogP contribution in [0.3, 0.4) is 0 Å². The summed E-state index contributed by atoms with van der Waals surface area (Å²) < 4.78 is 5.77. The molecule has 2 rings (SSSR count). The minimum Gasteiger partial charge on any atom is -0.662 e. The van der Waals surface area contributed by atoms with Crippen LogP contribution < -0.4 is 19.8 Å². The van der Waals surface area contributed by atoms with Crippen LogP contribution in [-0.4, -0.2) is 31.8 Å². The molecule has 0 saturated carbocycles. The van der Waals surface area contributed by atoms with Crippen LogP contribution in [0, 0.1) is 0 Å². The molecular weight excluding hydrogens is 404 g/mol. The third kappa shape index (κ3) is 15.9. The van der Waals surface area contributed by atoms with Gasteiger partial charge in [0, 0.05) is 18.2 Å². The first-order chi connectivity index (χ1) is 11.0. The Labute approximate surface area is 204 Å². The Balaban J connectivity index is -0.0000000541. The molecule has 0 amide bonds. The molecule has 0 aromatic heterocycles. The Morgan fingerprint density at radius 1 is 1.00 bits per heavy atom. The smallest absolute Gasteiger partial charge is 0.287 e. The number of carbonyl (C=O) groups is 1. The highest BCUT2D eigenvalue weighted by molar-refractivity contribution is 5.68. The van der Waals surface area contributed by atoms with E-state index in [0.717, 1.165) is 25.4 Å². The van der Waals surface area contributed by atoms with E-state index in [1.54, 1.807) is 4.90 Å². The molecule has 1 aromatic rings. The Morgan fingerprint density at radius 2 is 1.47 bits per heavy atom. The normalized spacial score (nSPS) is 11.5. The lowest BCUT2D eigenvalue weighted by atomic mass is 10.2. The first-order valence-corrected chi connectivity index (χ1v) is 8.08. The molecule has 1 N–H and O–H groups in total. The van der Waals surface area contributed by atoms with Gasteiger partial charge in [-0.25, -0.2) is 0 Å². The molecule has 0 radical (unpaired) electrons. The number of fused-ring (bicyclic) bond motifs is 1. The number of anilines is 1. The molecule has 6 heteroatoms. The predicted molar refractivity (Wildman–Crippen MR) is 148 cm³/mol. The quantitative estimate of drug-likeness (QED) is 0.284. The zero-order valence-corrected chi connectivity index (χ0v) is 14.7. The van der Waals surface area contributed by atoms with Gasteiger partial charge in [-0.15, -0.1) is 0 Å². The maximum absolute atomic E-state index is 8.64. The van der Waals surface area contributed by atoms with Gasteiger partial charge in [0.2, 0.25) is 0 Å². The van der Waals surface area contributed by atoms with Crippen molar-refractivity contribution in [3.05, 3.63) is 18.2 Å². The van der Waals surface area contributed by atoms with Gasteiger partial charge in [-0.2, -0.15) is 0 Å². The van der Waals surface area contributed by atoms with Gasteiger partial charge in [-0.3, -0.25) is 9.69 Å². The van der Waals surface area contributed by atoms with Gasteiger partial charge in [0.05, 0.1) is 12.6 Å². The molecule has 0 bridgehead atoms. The summed E-state index contributed by atoms with van der Waals surface area (Å²) in [5.41, 5.74) is 2.75. The van der Waals surface area contributed by atoms with E-state index in [0.29, 0.717) is 12.1 Å². The molecule has 6 nitrogen and oxygen atoms in total. The molecule has 1 unspecified atom stereocenters. The van der Waals surface area contributed by atoms with E-state index in [2.05, 4.69) is 62.6 Å². The molecule has 1 aliphatic heterocycles. The highest BCUT2D eigenvalue weighted by Gasteiger charge is 2.34. The molecule has 32 heavy (non-hydrogen) atoms. The molecule has 1 atom stereocenters. The van der Waals surface area contributed by atoms with Crippen molar-refractivity contribution in [3.8, 4) is 5.75 Å². The molecule has 0 aliphatic carbocycles. The maximum Gasteiger partial charge on any atom is 0.287 e. The van der Waals surface area contributed by atoms with E-state index >= 15 is 0 Å². The first-order valence-electron chi connectivity index (χ1n) is 8.08. The first kappa shape index (κ1) is 57.3. The van der Waals surface area contributed by atoms with Crippen molar-refractivity contribution < 1.29 is 24.6 Å². The van der Waals surface area contributed by atoms with Crippen LogP contribution in [0.15, 0.2) is 18.2 Å². The number of nitrogens with one attached hydrogen (secondary N) is 1. The topological polar surface area (TPSA) is 66.3 Å². The number of benzene rings is 1. The molecule has 1 heterocycles. The van der Waals surface area contributed by atoms with Crippen molar-refractivity contribution in [3.63, 3.8) is 0 Å². The van der Waals surface area contributed by atoms with E-state index in [1.165, 1.54) is 11.4 Å². The van der Waals surface area contributed by atoms with Gasteiger partial charge < -0.3 is 19.8 Å². The van der Waals surface area contributed by atoms with Crippen molar-refractivity contribution in [2.24, 2.45) is 0 Å². The van der Waals surface area contributed by atoms with Gasteiger partial charge in [-0.1, -0.05) is 73.8 Å². The highest BCUT2D eigenvalue weighted by atomic mass is 17.1. The predicted octanol–water partition coefficient (Wildman–Crippen LogP) is 6.75. The summed E-state index contributed by atoms with van der Waals surface area (Å²) >= 11 is 0. The largest absolute Gasteiger partial charge is 0.662 e. The second kappa shape index (κ2) is 29.2. The van der Waals surface area contributed by atoms with Gasteiger partial charge in [0.1, 0.15) is 11.4 Å². The number of quaternary nitrogens is 1. The van der Waals surface area contributed by atoms with Crippen LogP contribution >= 0.6 is 0 Å². The fraction of sp³-hybridized carbons (Fsp3) is 0.731. The average Bonchev–Trinajstić information content (AvgIpc) is 2.92. The number of hydrogen-bond acceptors (Lipinski definition) is 5. The number of carbonyl (C=O) groups excluding carboxylic acids is 1.